The standard InChI is InChI=1S/C24H29F3N2S/c1-18-10-14-28(15-11-18)21-12-16-29(17-13-21)30-23-5-3-2-4-22(23)19-6-8-20(9-7-19)24(25,26)27/h2-9,18,21H,10-17H2,1H3. The minimum atomic E-state index is -4.30. The molecule has 2 aromatic rings. The fraction of sp³-hybridized carbons (Fsp3) is 0.500. The van der Waals surface area contributed by atoms with Crippen LogP contribution in [0.25, 0.3) is 11.1 Å². The topological polar surface area (TPSA) is 6.48 Å². The molecule has 2 nitrogen and oxygen atoms in total. The molecule has 162 valence electrons. The normalized spacial score (nSPS) is 20.5. The van der Waals surface area contributed by atoms with E-state index in [0.29, 0.717) is 6.04 Å². The minimum Gasteiger partial charge on any atom is -0.300 e. The predicted molar refractivity (Wildman–Crippen MR) is 117 cm³/mol. The Morgan fingerprint density at radius 1 is 0.833 bits per heavy atom. The molecule has 0 aromatic heterocycles. The van der Waals surface area contributed by atoms with E-state index in [2.05, 4.69) is 22.2 Å². The summed E-state index contributed by atoms with van der Waals surface area (Å²) < 4.78 is 41.1. The van der Waals surface area contributed by atoms with Crippen molar-refractivity contribution in [2.75, 3.05) is 26.2 Å². The predicted octanol–water partition coefficient (Wildman–Crippen LogP) is 6.58. The highest BCUT2D eigenvalue weighted by Crippen LogP contribution is 2.37. The number of halogens is 3. The van der Waals surface area contributed by atoms with Crippen LogP contribution in [0, 0.1) is 5.92 Å². The van der Waals surface area contributed by atoms with E-state index in [1.165, 1.54) is 50.9 Å². The third kappa shape index (κ3) is 5.21. The van der Waals surface area contributed by atoms with Gasteiger partial charge in [-0.3, -0.25) is 0 Å². The number of likely N-dealkylation sites (tertiary alicyclic amines) is 1. The maximum absolute atomic E-state index is 12.9. The van der Waals surface area contributed by atoms with E-state index in [-0.39, 0.29) is 0 Å². The van der Waals surface area contributed by atoms with Crippen LogP contribution in [0.15, 0.2) is 53.4 Å². The lowest BCUT2D eigenvalue weighted by Gasteiger charge is -2.41. The van der Waals surface area contributed by atoms with Gasteiger partial charge in [0.05, 0.1) is 5.56 Å². The molecule has 0 N–H and O–H groups in total. The Morgan fingerprint density at radius 2 is 1.47 bits per heavy atom. The van der Waals surface area contributed by atoms with Crippen molar-refractivity contribution in [1.29, 1.82) is 0 Å². The number of rotatable bonds is 4. The first kappa shape index (κ1) is 21.7. The number of alkyl halides is 3. The number of benzene rings is 2. The molecular weight excluding hydrogens is 405 g/mol. The van der Waals surface area contributed by atoms with Crippen LogP contribution in [-0.4, -0.2) is 41.4 Å². The molecule has 0 amide bonds. The van der Waals surface area contributed by atoms with Gasteiger partial charge in [-0.1, -0.05) is 37.3 Å². The molecule has 0 bridgehead atoms. The Balaban J connectivity index is 1.39. The van der Waals surface area contributed by atoms with E-state index >= 15 is 0 Å². The lowest BCUT2D eigenvalue weighted by molar-refractivity contribution is -0.137. The van der Waals surface area contributed by atoms with E-state index < -0.39 is 11.7 Å². The fourth-order valence-corrected chi connectivity index (χ4v) is 5.55. The van der Waals surface area contributed by atoms with Crippen molar-refractivity contribution in [3.8, 4) is 11.1 Å². The summed E-state index contributed by atoms with van der Waals surface area (Å²) in [5.74, 6) is 0.860. The number of nitrogens with zero attached hydrogens (tertiary/aromatic N) is 2. The van der Waals surface area contributed by atoms with Gasteiger partial charge in [0.15, 0.2) is 0 Å². The average Bonchev–Trinajstić information content (AvgIpc) is 2.75. The van der Waals surface area contributed by atoms with Gasteiger partial charge < -0.3 is 4.90 Å². The largest absolute Gasteiger partial charge is 0.416 e. The fourth-order valence-electron chi connectivity index (χ4n) is 4.45. The van der Waals surface area contributed by atoms with Crippen LogP contribution in [0.1, 0.15) is 38.2 Å². The summed E-state index contributed by atoms with van der Waals surface area (Å²) >= 11 is 1.74. The summed E-state index contributed by atoms with van der Waals surface area (Å²) in [5.41, 5.74) is 1.21. The molecule has 2 aliphatic heterocycles. The zero-order valence-electron chi connectivity index (χ0n) is 17.4. The van der Waals surface area contributed by atoms with Crippen molar-refractivity contribution >= 4 is 11.9 Å². The van der Waals surface area contributed by atoms with E-state index in [9.17, 15) is 13.2 Å². The monoisotopic (exact) mass is 434 g/mol. The summed E-state index contributed by atoms with van der Waals surface area (Å²) in [6.45, 7) is 6.90. The van der Waals surface area contributed by atoms with Gasteiger partial charge >= 0.3 is 6.18 Å². The summed E-state index contributed by atoms with van der Waals surface area (Å²) in [7, 11) is 0. The van der Waals surface area contributed by atoms with Gasteiger partial charge in [0.2, 0.25) is 0 Å². The van der Waals surface area contributed by atoms with E-state index in [4.69, 9.17) is 0 Å². The molecule has 0 spiro atoms. The third-order valence-electron chi connectivity index (χ3n) is 6.40. The zero-order valence-corrected chi connectivity index (χ0v) is 18.2. The molecule has 2 saturated heterocycles. The molecule has 2 aromatic carbocycles. The zero-order chi connectivity index (χ0) is 21.1. The van der Waals surface area contributed by atoms with Gasteiger partial charge in [0.1, 0.15) is 0 Å². The Kier molecular flexibility index (Phi) is 6.75. The highest BCUT2D eigenvalue weighted by Gasteiger charge is 2.30. The van der Waals surface area contributed by atoms with Crippen molar-refractivity contribution in [2.24, 2.45) is 5.92 Å². The van der Waals surface area contributed by atoms with Gasteiger partial charge in [-0.2, -0.15) is 13.2 Å². The van der Waals surface area contributed by atoms with Gasteiger partial charge in [0, 0.05) is 24.0 Å². The molecule has 0 unspecified atom stereocenters. The minimum absolute atomic E-state index is 0.606. The molecule has 0 saturated carbocycles. The first-order valence-corrected chi connectivity index (χ1v) is 11.6. The molecule has 30 heavy (non-hydrogen) atoms. The Hall–Kier alpha value is -1.50. The molecule has 2 fully saturated rings. The Labute approximate surface area is 181 Å². The van der Waals surface area contributed by atoms with E-state index in [1.54, 1.807) is 24.1 Å². The Bertz CT molecular complexity index is 821. The van der Waals surface area contributed by atoms with Crippen LogP contribution in [0.4, 0.5) is 13.2 Å². The van der Waals surface area contributed by atoms with E-state index in [0.717, 1.165) is 35.0 Å². The van der Waals surface area contributed by atoms with Crippen LogP contribution in [-0.2, 0) is 6.18 Å². The maximum atomic E-state index is 12.9. The third-order valence-corrected chi connectivity index (χ3v) is 7.57. The number of hydrogen-bond acceptors (Lipinski definition) is 3. The lowest BCUT2D eigenvalue weighted by atomic mass is 9.95. The van der Waals surface area contributed by atoms with Crippen molar-refractivity contribution in [2.45, 2.75) is 49.7 Å². The highest BCUT2D eigenvalue weighted by molar-refractivity contribution is 7.97. The first-order valence-electron chi connectivity index (χ1n) is 10.8. The molecule has 4 rings (SSSR count). The number of hydrogen-bond donors (Lipinski definition) is 0. The molecule has 2 aliphatic rings. The summed E-state index contributed by atoms with van der Waals surface area (Å²) in [5, 5.41) is 0. The lowest BCUT2D eigenvalue weighted by Crippen LogP contribution is -2.46. The molecule has 0 atom stereocenters. The second-order valence-corrected chi connectivity index (χ2v) is 9.68. The second kappa shape index (κ2) is 9.33. The van der Waals surface area contributed by atoms with Crippen molar-refractivity contribution in [3.05, 3.63) is 54.1 Å². The van der Waals surface area contributed by atoms with Crippen molar-refractivity contribution in [1.82, 2.24) is 9.21 Å². The molecule has 0 aliphatic carbocycles. The summed E-state index contributed by atoms with van der Waals surface area (Å²) in [4.78, 5) is 3.78. The number of piperidine rings is 2. The van der Waals surface area contributed by atoms with Crippen LogP contribution >= 0.6 is 11.9 Å². The average molecular weight is 435 g/mol. The van der Waals surface area contributed by atoms with E-state index in [1.807, 2.05) is 18.2 Å². The van der Waals surface area contributed by atoms with Crippen LogP contribution in [0.2, 0.25) is 0 Å². The SMILES string of the molecule is CC1CCN(C2CCN(Sc3ccccc3-c3ccc(C(F)(F)F)cc3)CC2)CC1. The van der Waals surface area contributed by atoms with Crippen molar-refractivity contribution < 1.29 is 13.2 Å². The Morgan fingerprint density at radius 3 is 2.10 bits per heavy atom. The molecule has 6 heteroatoms. The summed E-state index contributed by atoms with van der Waals surface area (Å²) in [6.07, 6.45) is 0.697. The molecular formula is C24H29F3N2S. The van der Waals surface area contributed by atoms with Crippen LogP contribution in [0.3, 0.4) is 0 Å². The van der Waals surface area contributed by atoms with Crippen molar-refractivity contribution in [3.63, 3.8) is 0 Å². The molecule has 2 heterocycles. The van der Waals surface area contributed by atoms with Gasteiger partial charge in [0.25, 0.3) is 0 Å². The van der Waals surface area contributed by atoms with Gasteiger partial charge in [-0.05, 0) is 86.0 Å². The van der Waals surface area contributed by atoms with Crippen LogP contribution < -0.4 is 0 Å². The quantitative estimate of drug-likeness (QED) is 0.502. The second-order valence-electron chi connectivity index (χ2n) is 8.54. The van der Waals surface area contributed by atoms with Gasteiger partial charge in [-0.15, -0.1) is 0 Å². The van der Waals surface area contributed by atoms with Gasteiger partial charge in [-0.25, -0.2) is 4.31 Å². The smallest absolute Gasteiger partial charge is 0.300 e. The maximum Gasteiger partial charge on any atom is 0.416 e. The molecule has 0 radical (unpaired) electrons. The summed E-state index contributed by atoms with van der Waals surface area (Å²) in [6, 6.07) is 14.2. The first-order chi connectivity index (χ1) is 14.4. The van der Waals surface area contributed by atoms with Crippen LogP contribution in [0.5, 0.6) is 0 Å². The highest BCUT2D eigenvalue weighted by atomic mass is 32.2.